The number of carbonyl (C=O) groups excluding carboxylic acids is 1. The summed E-state index contributed by atoms with van der Waals surface area (Å²) >= 11 is 4.95. The molecule has 4 unspecified atom stereocenters. The fourth-order valence-corrected chi connectivity index (χ4v) is 7.05. The highest BCUT2D eigenvalue weighted by atomic mass is 79.9. The Bertz CT molecular complexity index is 1900. The predicted molar refractivity (Wildman–Crippen MR) is 195 cm³/mol. The molecule has 4 atom stereocenters. The number of rotatable bonds is 12. The Balaban J connectivity index is 1.24. The third kappa shape index (κ3) is 9.35. The second-order valence-corrected chi connectivity index (χ2v) is 15.2. The number of carboxylic acid groups (broad SMARTS) is 1. The lowest BCUT2D eigenvalue weighted by Crippen LogP contribution is -2.49. The van der Waals surface area contributed by atoms with E-state index in [1.54, 1.807) is 6.07 Å². The summed E-state index contributed by atoms with van der Waals surface area (Å²) < 4.78 is 3.66. The first-order valence-electron chi connectivity index (χ1n) is 16.1. The first-order chi connectivity index (χ1) is 23.7. The van der Waals surface area contributed by atoms with Crippen molar-refractivity contribution in [3.8, 4) is 11.4 Å². The molecule has 0 fully saturated rings. The minimum absolute atomic E-state index is 0.00111. The fraction of sp³-hybridized carbons (Fsp3) is 0.371. The number of phenolic OH excluding ortho intramolecular Hbond substituents is 1. The number of aliphatic imine (C=N–C) groups is 1. The Morgan fingerprint density at radius 2 is 1.88 bits per heavy atom. The topological polar surface area (TPSA) is 200 Å². The highest BCUT2D eigenvalue weighted by Gasteiger charge is 2.33. The normalized spacial score (nSPS) is 16.6. The molecule has 1 aromatic heterocycles. The SMILES string of the molecule is CC(C)(C)c1cc(Br)cc(-[n+]2c(C(O)NC(CNC(=O)CCC(O)c3cc(O)cc(NC4=NCC(O)CN4)c3)C(=O)O)sc3ccccc32)c1. The van der Waals surface area contributed by atoms with Crippen LogP contribution in [0.4, 0.5) is 5.69 Å². The number of aliphatic carboxylic acids is 1. The van der Waals surface area contributed by atoms with Gasteiger partial charge >= 0.3 is 5.97 Å². The molecule has 2 heterocycles. The first-order valence-corrected chi connectivity index (χ1v) is 17.7. The Hall–Kier alpha value is -4.12. The number of hydrogen-bond donors (Lipinski definition) is 9. The second-order valence-electron chi connectivity index (χ2n) is 13.2. The molecule has 15 heteroatoms. The van der Waals surface area contributed by atoms with Crippen LogP contribution in [0.5, 0.6) is 5.75 Å². The quantitative estimate of drug-likeness (QED) is 0.0761. The van der Waals surface area contributed by atoms with E-state index in [2.05, 4.69) is 63.0 Å². The highest BCUT2D eigenvalue weighted by Crippen LogP contribution is 2.31. The number of fused-ring (bicyclic) bond motifs is 1. The van der Waals surface area contributed by atoms with Crippen LogP contribution in [0.25, 0.3) is 15.9 Å². The maximum absolute atomic E-state index is 12.8. The van der Waals surface area contributed by atoms with Crippen molar-refractivity contribution in [3.05, 3.63) is 81.3 Å². The van der Waals surface area contributed by atoms with Crippen LogP contribution in [-0.4, -0.2) is 75.1 Å². The minimum atomic E-state index is -1.39. The second kappa shape index (κ2) is 15.8. The zero-order valence-electron chi connectivity index (χ0n) is 27.9. The van der Waals surface area contributed by atoms with E-state index < -0.39 is 36.4 Å². The van der Waals surface area contributed by atoms with Crippen LogP contribution in [0.1, 0.15) is 62.1 Å². The van der Waals surface area contributed by atoms with Crippen LogP contribution in [0, 0.1) is 0 Å². The van der Waals surface area contributed by atoms with Gasteiger partial charge in [0.15, 0.2) is 5.96 Å². The molecule has 0 saturated heterocycles. The van der Waals surface area contributed by atoms with Gasteiger partial charge in [0.2, 0.25) is 23.3 Å². The van der Waals surface area contributed by atoms with Gasteiger partial charge in [-0.05, 0) is 47.2 Å². The number of β-amino-alcohol motifs (C(OH)–C–C–N with tert-alkyl or cyclic N) is 1. The molecule has 1 amide bonds. The largest absolute Gasteiger partial charge is 0.508 e. The summed E-state index contributed by atoms with van der Waals surface area (Å²) in [5.74, 6) is -1.45. The summed E-state index contributed by atoms with van der Waals surface area (Å²) in [6, 6.07) is 16.8. The molecular weight excluding hydrogens is 728 g/mol. The van der Waals surface area contributed by atoms with Crippen LogP contribution in [0.3, 0.4) is 0 Å². The van der Waals surface area contributed by atoms with E-state index >= 15 is 0 Å². The van der Waals surface area contributed by atoms with Crippen LogP contribution in [0.15, 0.2) is 70.1 Å². The van der Waals surface area contributed by atoms with Gasteiger partial charge in [-0.3, -0.25) is 19.9 Å². The number of nitrogens with zero attached hydrogens (tertiary/aromatic N) is 2. The fourth-order valence-electron chi connectivity index (χ4n) is 5.46. The molecule has 4 aromatic rings. The van der Waals surface area contributed by atoms with Crippen molar-refractivity contribution >= 4 is 61.0 Å². The monoisotopic (exact) mass is 769 g/mol. The first kappa shape index (κ1) is 37.1. The smallest absolute Gasteiger partial charge is 0.322 e. The molecule has 3 aromatic carbocycles. The zero-order chi connectivity index (χ0) is 36.2. The third-order valence-electron chi connectivity index (χ3n) is 8.14. The number of thiazole rings is 1. The molecule has 0 bridgehead atoms. The number of anilines is 1. The van der Waals surface area contributed by atoms with Gasteiger partial charge in [0.05, 0.1) is 18.8 Å². The highest BCUT2D eigenvalue weighted by molar-refractivity contribution is 9.10. The number of aromatic hydroxyl groups is 1. The molecule has 5 rings (SSSR count). The third-order valence-corrected chi connectivity index (χ3v) is 9.78. The molecular formula is C35H42BrN6O7S+. The van der Waals surface area contributed by atoms with Gasteiger partial charge in [0, 0.05) is 53.9 Å². The molecule has 1 aliphatic rings. The molecule has 13 nitrogen and oxygen atoms in total. The van der Waals surface area contributed by atoms with Crippen molar-refractivity contribution < 1.29 is 39.7 Å². The minimum Gasteiger partial charge on any atom is -0.508 e. The number of para-hydroxylation sites is 1. The van der Waals surface area contributed by atoms with Crippen LogP contribution in [-0.2, 0) is 15.0 Å². The number of phenols is 1. The van der Waals surface area contributed by atoms with Gasteiger partial charge in [-0.15, -0.1) is 4.57 Å². The predicted octanol–water partition coefficient (Wildman–Crippen LogP) is 3.34. The van der Waals surface area contributed by atoms with E-state index in [1.807, 2.05) is 47.0 Å². The van der Waals surface area contributed by atoms with Gasteiger partial charge in [-0.2, -0.15) is 0 Å². The number of halogens is 1. The van der Waals surface area contributed by atoms with Crippen molar-refractivity contribution in [2.24, 2.45) is 4.99 Å². The number of aliphatic hydroxyl groups is 3. The molecule has 266 valence electrons. The summed E-state index contributed by atoms with van der Waals surface area (Å²) in [5, 5.41) is 63.7. The Morgan fingerprint density at radius 1 is 1.12 bits per heavy atom. The molecule has 0 radical (unpaired) electrons. The molecule has 0 spiro atoms. The lowest BCUT2D eigenvalue weighted by molar-refractivity contribution is -0.576. The standard InChI is InChI=1S/C35H41BrN6O7S/c1-35(2,3)20-12-21(36)14-23(13-20)42-27-6-4-5-7-29(27)50-32(42)31(47)41-26(33(48)49)18-37-30(46)9-8-28(45)19-10-22(15-24(43)11-19)40-34-38-16-25(44)17-39-34/h4-7,10-15,25-26,28,31,41,44-45,47H,8-9,16-18H2,1-3H3,(H4-,37,38,39,40,43,46,48,49)/p+1. The van der Waals surface area contributed by atoms with Gasteiger partial charge in [0.1, 0.15) is 16.5 Å². The summed E-state index contributed by atoms with van der Waals surface area (Å²) in [6.07, 6.45) is -3.21. The number of aliphatic hydroxyl groups excluding tert-OH is 3. The van der Waals surface area contributed by atoms with E-state index in [-0.39, 0.29) is 37.1 Å². The van der Waals surface area contributed by atoms with E-state index in [9.17, 15) is 35.1 Å². The molecule has 9 N–H and O–H groups in total. The maximum Gasteiger partial charge on any atom is 0.322 e. The van der Waals surface area contributed by atoms with Crippen molar-refractivity contribution in [2.75, 3.05) is 25.0 Å². The van der Waals surface area contributed by atoms with Crippen LogP contribution in [0.2, 0.25) is 0 Å². The van der Waals surface area contributed by atoms with Gasteiger partial charge < -0.3 is 41.5 Å². The summed E-state index contributed by atoms with van der Waals surface area (Å²) in [7, 11) is 0. The lowest BCUT2D eigenvalue weighted by Gasteiger charge is -2.21. The van der Waals surface area contributed by atoms with Crippen LogP contribution < -0.4 is 25.8 Å². The van der Waals surface area contributed by atoms with Crippen molar-refractivity contribution in [3.63, 3.8) is 0 Å². The van der Waals surface area contributed by atoms with Crippen LogP contribution >= 0.6 is 27.3 Å². The molecule has 50 heavy (non-hydrogen) atoms. The van der Waals surface area contributed by atoms with Crippen molar-refractivity contribution in [1.29, 1.82) is 0 Å². The Kier molecular flexibility index (Phi) is 11.8. The number of amides is 1. The number of guanidine groups is 1. The van der Waals surface area contributed by atoms with E-state index in [0.29, 0.717) is 28.8 Å². The number of hydrogen-bond acceptors (Lipinski definition) is 11. The Morgan fingerprint density at radius 3 is 2.58 bits per heavy atom. The average molecular weight is 771 g/mol. The number of aromatic nitrogens is 1. The molecule has 0 saturated carbocycles. The number of benzene rings is 3. The zero-order valence-corrected chi connectivity index (χ0v) is 30.3. The Labute approximate surface area is 301 Å². The average Bonchev–Trinajstić information content (AvgIpc) is 3.45. The molecule has 0 aliphatic carbocycles. The number of carboxylic acids is 1. The van der Waals surface area contributed by atoms with E-state index in [0.717, 1.165) is 25.9 Å². The summed E-state index contributed by atoms with van der Waals surface area (Å²) in [6.45, 7) is 6.56. The van der Waals surface area contributed by atoms with Crippen molar-refractivity contribution in [2.45, 2.75) is 63.5 Å². The van der Waals surface area contributed by atoms with Gasteiger partial charge in [-0.25, -0.2) is 0 Å². The van der Waals surface area contributed by atoms with Gasteiger partial charge in [-0.1, -0.05) is 60.2 Å². The van der Waals surface area contributed by atoms with E-state index in [4.69, 9.17) is 0 Å². The number of carbonyl (C=O) groups is 2. The number of nitrogens with one attached hydrogen (secondary N) is 4. The lowest BCUT2D eigenvalue weighted by atomic mass is 9.87. The van der Waals surface area contributed by atoms with Gasteiger partial charge in [0.25, 0.3) is 5.01 Å². The maximum atomic E-state index is 12.8. The summed E-state index contributed by atoms with van der Waals surface area (Å²) in [5.41, 5.74) is 3.38. The van der Waals surface area contributed by atoms with E-state index in [1.165, 1.54) is 23.5 Å². The molecule has 1 aliphatic heterocycles. The van der Waals surface area contributed by atoms with Crippen molar-refractivity contribution in [1.82, 2.24) is 16.0 Å². The summed E-state index contributed by atoms with van der Waals surface area (Å²) in [4.78, 5) is 29.2.